The first kappa shape index (κ1) is 20.2. The van der Waals surface area contributed by atoms with Crippen molar-refractivity contribution in [3.05, 3.63) is 11.8 Å². The van der Waals surface area contributed by atoms with Crippen LogP contribution in [0.25, 0.3) is 0 Å². The zero-order chi connectivity index (χ0) is 19.9. The van der Waals surface area contributed by atoms with E-state index in [4.69, 9.17) is 18.9 Å². The number of methoxy groups -OCH3 is 1. The summed E-state index contributed by atoms with van der Waals surface area (Å²) in [5, 5.41) is 39.1. The summed E-state index contributed by atoms with van der Waals surface area (Å²) in [6.07, 6.45) is -6.93. The Hall–Kier alpha value is -1.56. The zero-order valence-electron chi connectivity index (χ0n) is 14.9. The summed E-state index contributed by atoms with van der Waals surface area (Å²) in [5.74, 6) is -2.28. The number of hydrogen-bond acceptors (Lipinski definition) is 10. The predicted molar refractivity (Wildman–Crippen MR) is 85.6 cm³/mol. The Labute approximate surface area is 155 Å². The Balaban J connectivity index is 1.82. The standard InChI is InChI=1S/C17H24O10/c1-6-3-8(19)11-7(15(23)24-2)5-25-16(10(6)11)27-17-14(22)13(21)12(20)9(4-18)26-17/h5-6,9-14,16-18,20-22H,3-4H2,1-2H3/t6-,9+,10+,11-,12+,13-,14+,16-,17-/m1/s1. The summed E-state index contributed by atoms with van der Waals surface area (Å²) in [6, 6.07) is 0. The Morgan fingerprint density at radius 2 is 1.93 bits per heavy atom. The van der Waals surface area contributed by atoms with E-state index < -0.39 is 61.4 Å². The number of rotatable bonds is 4. The van der Waals surface area contributed by atoms with Crippen LogP contribution in [-0.2, 0) is 28.5 Å². The van der Waals surface area contributed by atoms with Crippen LogP contribution in [-0.4, -0.2) is 82.9 Å². The van der Waals surface area contributed by atoms with Crippen molar-refractivity contribution in [2.75, 3.05) is 13.7 Å². The van der Waals surface area contributed by atoms with Gasteiger partial charge in [0.05, 0.1) is 31.5 Å². The number of carbonyl (C=O) groups excluding carboxylic acids is 2. The molecule has 3 aliphatic rings. The van der Waals surface area contributed by atoms with Crippen LogP contribution in [0.3, 0.4) is 0 Å². The molecule has 1 aliphatic carbocycles. The largest absolute Gasteiger partial charge is 0.472 e. The van der Waals surface area contributed by atoms with Crippen molar-refractivity contribution in [3.63, 3.8) is 0 Å². The van der Waals surface area contributed by atoms with Gasteiger partial charge in [-0.05, 0) is 5.92 Å². The minimum absolute atomic E-state index is 0.102. The lowest BCUT2D eigenvalue weighted by Crippen LogP contribution is -2.60. The maximum absolute atomic E-state index is 12.4. The monoisotopic (exact) mass is 388 g/mol. The first-order valence-corrected chi connectivity index (χ1v) is 8.72. The van der Waals surface area contributed by atoms with Crippen molar-refractivity contribution in [1.29, 1.82) is 0 Å². The Morgan fingerprint density at radius 1 is 1.22 bits per heavy atom. The van der Waals surface area contributed by atoms with Gasteiger partial charge in [0.25, 0.3) is 0 Å². The smallest absolute Gasteiger partial charge is 0.337 e. The van der Waals surface area contributed by atoms with Crippen LogP contribution in [0, 0.1) is 17.8 Å². The molecular formula is C17H24O10. The zero-order valence-corrected chi connectivity index (χ0v) is 14.9. The van der Waals surface area contributed by atoms with Gasteiger partial charge in [-0.25, -0.2) is 4.79 Å². The van der Waals surface area contributed by atoms with Crippen molar-refractivity contribution in [3.8, 4) is 0 Å². The van der Waals surface area contributed by atoms with E-state index in [1.165, 1.54) is 7.11 Å². The molecule has 0 amide bonds. The molecule has 10 heteroatoms. The molecule has 0 unspecified atom stereocenters. The van der Waals surface area contributed by atoms with Gasteiger partial charge in [-0.15, -0.1) is 0 Å². The number of ketones is 1. The topological polar surface area (TPSA) is 152 Å². The van der Waals surface area contributed by atoms with E-state index in [1.54, 1.807) is 0 Å². The first-order valence-electron chi connectivity index (χ1n) is 8.72. The lowest BCUT2D eigenvalue weighted by atomic mass is 9.83. The summed E-state index contributed by atoms with van der Waals surface area (Å²) in [7, 11) is 1.21. The van der Waals surface area contributed by atoms with Gasteiger partial charge in [0.1, 0.15) is 30.2 Å². The summed E-state index contributed by atoms with van der Waals surface area (Å²) in [4.78, 5) is 24.4. The second-order valence-corrected chi connectivity index (χ2v) is 7.11. The highest BCUT2D eigenvalue weighted by Crippen LogP contribution is 2.45. The molecule has 2 aliphatic heterocycles. The number of aliphatic hydroxyl groups is 4. The average molecular weight is 388 g/mol. The van der Waals surface area contributed by atoms with Gasteiger partial charge in [0.15, 0.2) is 6.29 Å². The molecule has 0 spiro atoms. The first-order chi connectivity index (χ1) is 12.8. The Morgan fingerprint density at radius 3 is 2.56 bits per heavy atom. The number of esters is 1. The van der Waals surface area contributed by atoms with E-state index >= 15 is 0 Å². The molecular weight excluding hydrogens is 364 g/mol. The quantitative estimate of drug-likeness (QED) is 0.400. The Kier molecular flexibility index (Phi) is 5.84. The van der Waals surface area contributed by atoms with E-state index in [0.29, 0.717) is 0 Å². The molecule has 2 fully saturated rings. The highest BCUT2D eigenvalue weighted by atomic mass is 16.8. The summed E-state index contributed by atoms with van der Waals surface area (Å²) in [5.41, 5.74) is 0.102. The fourth-order valence-corrected chi connectivity index (χ4v) is 3.96. The molecule has 9 atom stereocenters. The summed E-state index contributed by atoms with van der Waals surface area (Å²) in [6.45, 7) is 1.22. The van der Waals surface area contributed by atoms with Crippen LogP contribution >= 0.6 is 0 Å². The molecule has 0 bridgehead atoms. The molecule has 152 valence electrons. The molecule has 3 rings (SSSR count). The number of Topliss-reactive ketones (excluding diaryl/α,β-unsaturated/α-hetero) is 1. The lowest BCUT2D eigenvalue weighted by Gasteiger charge is -2.42. The third kappa shape index (κ3) is 3.48. The molecule has 0 aromatic heterocycles. The molecule has 0 aromatic carbocycles. The van der Waals surface area contributed by atoms with Gasteiger partial charge < -0.3 is 39.4 Å². The highest BCUT2D eigenvalue weighted by Gasteiger charge is 2.54. The van der Waals surface area contributed by atoms with Crippen molar-refractivity contribution < 1.29 is 49.0 Å². The maximum Gasteiger partial charge on any atom is 0.337 e. The second kappa shape index (κ2) is 7.82. The van der Waals surface area contributed by atoms with E-state index in [2.05, 4.69) is 0 Å². The summed E-state index contributed by atoms with van der Waals surface area (Å²) < 4.78 is 21.2. The third-order valence-corrected chi connectivity index (χ3v) is 5.43. The number of ether oxygens (including phenoxy) is 4. The van der Waals surface area contributed by atoms with Crippen molar-refractivity contribution in [1.82, 2.24) is 0 Å². The van der Waals surface area contributed by atoms with Crippen LogP contribution in [0.2, 0.25) is 0 Å². The minimum Gasteiger partial charge on any atom is -0.472 e. The van der Waals surface area contributed by atoms with Crippen molar-refractivity contribution in [2.45, 2.75) is 50.3 Å². The van der Waals surface area contributed by atoms with Crippen molar-refractivity contribution >= 4 is 11.8 Å². The van der Waals surface area contributed by atoms with Crippen LogP contribution < -0.4 is 0 Å². The number of hydrogen-bond donors (Lipinski definition) is 4. The molecule has 10 nitrogen and oxygen atoms in total. The number of carbonyl (C=O) groups is 2. The van der Waals surface area contributed by atoms with E-state index in [1.807, 2.05) is 6.92 Å². The average Bonchev–Trinajstić information content (AvgIpc) is 2.96. The van der Waals surface area contributed by atoms with Crippen LogP contribution in [0.1, 0.15) is 13.3 Å². The van der Waals surface area contributed by atoms with E-state index in [-0.39, 0.29) is 23.7 Å². The van der Waals surface area contributed by atoms with Crippen LogP contribution in [0.4, 0.5) is 0 Å². The highest BCUT2D eigenvalue weighted by molar-refractivity contribution is 5.99. The molecule has 2 heterocycles. The van der Waals surface area contributed by atoms with Gasteiger partial charge in [-0.3, -0.25) is 4.79 Å². The normalized spacial score (nSPS) is 44.3. The fraction of sp³-hybridized carbons (Fsp3) is 0.765. The van der Waals surface area contributed by atoms with Crippen LogP contribution in [0.15, 0.2) is 11.8 Å². The third-order valence-electron chi connectivity index (χ3n) is 5.43. The van der Waals surface area contributed by atoms with Gasteiger partial charge in [-0.2, -0.15) is 0 Å². The molecule has 27 heavy (non-hydrogen) atoms. The van der Waals surface area contributed by atoms with Gasteiger partial charge in [0, 0.05) is 12.3 Å². The van der Waals surface area contributed by atoms with Crippen LogP contribution in [0.5, 0.6) is 0 Å². The Bertz CT molecular complexity index is 617. The van der Waals surface area contributed by atoms with E-state index in [9.17, 15) is 30.0 Å². The van der Waals surface area contributed by atoms with Gasteiger partial charge in [0.2, 0.25) is 6.29 Å². The minimum atomic E-state index is -1.59. The van der Waals surface area contributed by atoms with Gasteiger partial charge >= 0.3 is 5.97 Å². The second-order valence-electron chi connectivity index (χ2n) is 7.11. The molecule has 4 N–H and O–H groups in total. The summed E-state index contributed by atoms with van der Waals surface area (Å²) >= 11 is 0. The molecule has 0 aromatic rings. The maximum atomic E-state index is 12.4. The number of aliphatic hydroxyl groups excluding tert-OH is 4. The predicted octanol–water partition coefficient (Wildman–Crippen LogP) is -1.94. The molecule has 0 radical (unpaired) electrons. The molecule has 1 saturated carbocycles. The van der Waals surface area contributed by atoms with E-state index in [0.717, 1.165) is 6.26 Å². The molecule has 1 saturated heterocycles. The van der Waals surface area contributed by atoms with Gasteiger partial charge in [-0.1, -0.05) is 6.92 Å². The lowest BCUT2D eigenvalue weighted by molar-refractivity contribution is -0.342. The number of fused-ring (bicyclic) bond motifs is 1. The van der Waals surface area contributed by atoms with Crippen molar-refractivity contribution in [2.24, 2.45) is 17.8 Å². The fourth-order valence-electron chi connectivity index (χ4n) is 3.96. The SMILES string of the molecule is COC(=O)C1=CO[C@H](O[C@H]2O[C@@H](CO)[C@H](O)[C@@H](O)[C@@H]2O)[C@@H]2[C@H]1C(=O)C[C@H]2C.